The quantitative estimate of drug-likeness (QED) is 0.500. The minimum Gasteiger partial charge on any atom is -0.394 e. The predicted octanol–water partition coefficient (Wildman–Crippen LogP) is -1.86. The Kier molecular flexibility index (Phi) is 2.73. The number of aliphatic hydroxyl groups excluding tert-OH is 2. The number of aliphatic hydroxyl groups is 2. The molecule has 3 heterocycles. The fraction of sp³-hybridized carbons (Fsp3) is 0.500. The third-order valence-electron chi connectivity index (χ3n) is 3.06. The van der Waals surface area contributed by atoms with Crippen molar-refractivity contribution < 1.29 is 14.9 Å². The van der Waals surface area contributed by atoms with E-state index in [0.717, 1.165) is 0 Å². The molecule has 3 atom stereocenters. The summed E-state index contributed by atoms with van der Waals surface area (Å²) in [5.74, 6) is -0.0371. The van der Waals surface area contributed by atoms with E-state index in [9.17, 15) is 9.90 Å². The van der Waals surface area contributed by atoms with Crippen LogP contribution in [0.15, 0.2) is 4.79 Å². The second-order valence-electron chi connectivity index (χ2n) is 4.32. The van der Waals surface area contributed by atoms with Crippen molar-refractivity contribution >= 4 is 17.1 Å². The lowest BCUT2D eigenvalue weighted by atomic mass is 10.2. The molecule has 1 fully saturated rings. The summed E-state index contributed by atoms with van der Waals surface area (Å²) >= 11 is 0. The summed E-state index contributed by atoms with van der Waals surface area (Å²) < 4.78 is 6.86. The third-order valence-corrected chi connectivity index (χ3v) is 3.06. The fourth-order valence-electron chi connectivity index (χ4n) is 2.13. The van der Waals surface area contributed by atoms with Gasteiger partial charge in [0.05, 0.1) is 12.7 Å². The smallest absolute Gasteiger partial charge is 0.280 e. The van der Waals surface area contributed by atoms with Gasteiger partial charge in [-0.05, 0) is 0 Å². The van der Waals surface area contributed by atoms with E-state index >= 15 is 0 Å². The summed E-state index contributed by atoms with van der Waals surface area (Å²) in [6.07, 6.45) is 0.797. The lowest BCUT2D eigenvalue weighted by Crippen LogP contribution is -2.24. The Morgan fingerprint density at radius 3 is 3.11 bits per heavy atom. The van der Waals surface area contributed by atoms with Crippen LogP contribution in [0.1, 0.15) is 12.6 Å². The van der Waals surface area contributed by atoms with Gasteiger partial charge in [0.1, 0.15) is 12.3 Å². The summed E-state index contributed by atoms with van der Waals surface area (Å²) in [6.45, 7) is -0.291. The average molecular weight is 266 g/mol. The van der Waals surface area contributed by atoms with Gasteiger partial charge in [-0.1, -0.05) is 0 Å². The van der Waals surface area contributed by atoms with Gasteiger partial charge in [-0.25, -0.2) is 4.98 Å². The van der Waals surface area contributed by atoms with Crippen LogP contribution in [0.25, 0.3) is 11.2 Å². The van der Waals surface area contributed by atoms with Crippen molar-refractivity contribution in [2.45, 2.75) is 24.9 Å². The molecule has 0 aliphatic carbocycles. The second-order valence-corrected chi connectivity index (χ2v) is 4.32. The highest BCUT2D eigenvalue weighted by atomic mass is 16.5. The molecule has 0 unspecified atom stereocenters. The molecule has 1 saturated heterocycles. The van der Waals surface area contributed by atoms with Crippen molar-refractivity contribution in [1.29, 1.82) is 0 Å². The number of imidazole rings is 1. The molecular weight excluding hydrogens is 254 g/mol. The Balaban J connectivity index is 2.05. The lowest BCUT2D eigenvalue weighted by molar-refractivity contribution is -0.0434. The van der Waals surface area contributed by atoms with Crippen molar-refractivity contribution in [3.05, 3.63) is 16.7 Å². The van der Waals surface area contributed by atoms with E-state index in [1.54, 1.807) is 0 Å². The SMILES string of the molecule is Nc1nc2c(n[c]n2[C@H]2C[C@H](O)[C@@H](CO)O2)c(=O)[nH]1. The number of ether oxygens (including phenoxy) is 1. The normalized spacial score (nSPS) is 27.2. The number of nitrogens with zero attached hydrogens (tertiary/aromatic N) is 3. The molecule has 0 saturated carbocycles. The van der Waals surface area contributed by atoms with Gasteiger partial charge in [0.2, 0.25) is 5.95 Å². The summed E-state index contributed by atoms with van der Waals surface area (Å²) in [4.78, 5) is 21.8. The topological polar surface area (TPSA) is 139 Å². The molecule has 1 aliphatic rings. The Bertz CT molecular complexity index is 665. The van der Waals surface area contributed by atoms with Gasteiger partial charge in [0.15, 0.2) is 17.5 Å². The van der Waals surface area contributed by atoms with E-state index in [1.165, 1.54) is 4.57 Å². The van der Waals surface area contributed by atoms with Crippen LogP contribution >= 0.6 is 0 Å². The number of nitrogens with one attached hydrogen (secondary N) is 1. The monoisotopic (exact) mass is 266 g/mol. The van der Waals surface area contributed by atoms with Crippen molar-refractivity contribution in [2.24, 2.45) is 0 Å². The first-order valence-corrected chi connectivity index (χ1v) is 5.70. The maximum Gasteiger partial charge on any atom is 0.280 e. The number of H-pyrrole nitrogens is 1. The number of nitrogens with two attached hydrogens (primary N) is 1. The number of rotatable bonds is 2. The van der Waals surface area contributed by atoms with Crippen LogP contribution in [-0.4, -0.2) is 48.5 Å². The Morgan fingerprint density at radius 2 is 2.42 bits per heavy atom. The fourth-order valence-corrected chi connectivity index (χ4v) is 2.13. The molecule has 19 heavy (non-hydrogen) atoms. The Morgan fingerprint density at radius 1 is 1.63 bits per heavy atom. The van der Waals surface area contributed by atoms with Crippen molar-refractivity contribution in [3.63, 3.8) is 0 Å². The zero-order chi connectivity index (χ0) is 13.6. The first-order chi connectivity index (χ1) is 9.10. The number of fused-ring (bicyclic) bond motifs is 1. The molecule has 3 rings (SSSR count). The van der Waals surface area contributed by atoms with E-state index in [0.29, 0.717) is 0 Å². The molecule has 0 amide bonds. The molecule has 5 N–H and O–H groups in total. The molecular formula is C10H12N5O4. The van der Waals surface area contributed by atoms with E-state index in [1.807, 2.05) is 0 Å². The van der Waals surface area contributed by atoms with Crippen LogP contribution in [0.2, 0.25) is 0 Å². The number of anilines is 1. The van der Waals surface area contributed by atoms with Gasteiger partial charge < -0.3 is 20.7 Å². The first-order valence-electron chi connectivity index (χ1n) is 5.70. The molecule has 0 aromatic carbocycles. The summed E-state index contributed by atoms with van der Waals surface area (Å²) in [5.41, 5.74) is 5.35. The van der Waals surface area contributed by atoms with Gasteiger partial charge in [-0.15, -0.1) is 0 Å². The number of nitrogen functional groups attached to an aromatic ring is 1. The minimum atomic E-state index is -0.791. The van der Waals surface area contributed by atoms with Crippen LogP contribution < -0.4 is 11.3 Å². The number of aromatic nitrogens is 4. The van der Waals surface area contributed by atoms with E-state index in [2.05, 4.69) is 21.3 Å². The molecule has 0 spiro atoms. The highest BCUT2D eigenvalue weighted by Crippen LogP contribution is 2.29. The van der Waals surface area contributed by atoms with E-state index < -0.39 is 24.0 Å². The molecule has 9 heteroatoms. The second kappa shape index (κ2) is 4.30. The maximum atomic E-state index is 11.6. The van der Waals surface area contributed by atoms with Crippen LogP contribution in [0, 0.1) is 6.33 Å². The molecule has 1 radical (unpaired) electrons. The summed E-state index contributed by atoms with van der Waals surface area (Å²) in [7, 11) is 0. The van der Waals surface area contributed by atoms with Crippen LogP contribution in [-0.2, 0) is 4.74 Å². The predicted molar refractivity (Wildman–Crippen MR) is 63.0 cm³/mol. The van der Waals surface area contributed by atoms with Crippen molar-refractivity contribution in [3.8, 4) is 0 Å². The number of hydrogen-bond acceptors (Lipinski definition) is 7. The van der Waals surface area contributed by atoms with E-state index in [4.69, 9.17) is 15.6 Å². The largest absolute Gasteiger partial charge is 0.394 e. The number of aromatic amines is 1. The van der Waals surface area contributed by atoms with E-state index in [-0.39, 0.29) is 30.1 Å². The molecule has 9 nitrogen and oxygen atoms in total. The third kappa shape index (κ3) is 1.87. The van der Waals surface area contributed by atoms with Gasteiger partial charge in [-0.3, -0.25) is 14.3 Å². The zero-order valence-electron chi connectivity index (χ0n) is 9.78. The van der Waals surface area contributed by atoms with Gasteiger partial charge in [0.25, 0.3) is 5.56 Å². The molecule has 101 valence electrons. The molecule has 0 bridgehead atoms. The zero-order valence-corrected chi connectivity index (χ0v) is 9.78. The number of hydrogen-bond donors (Lipinski definition) is 4. The lowest BCUT2D eigenvalue weighted by Gasteiger charge is -2.13. The van der Waals surface area contributed by atoms with Crippen molar-refractivity contribution in [1.82, 2.24) is 19.5 Å². The van der Waals surface area contributed by atoms with Crippen LogP contribution in [0.4, 0.5) is 5.95 Å². The Hall–Kier alpha value is -1.97. The van der Waals surface area contributed by atoms with Gasteiger partial charge >= 0.3 is 0 Å². The minimum absolute atomic E-state index is 0.0371. The first kappa shape index (κ1) is 12.1. The summed E-state index contributed by atoms with van der Waals surface area (Å²) in [6, 6.07) is 0. The van der Waals surface area contributed by atoms with Crippen LogP contribution in [0.3, 0.4) is 0 Å². The molecule has 1 aliphatic heterocycles. The summed E-state index contributed by atoms with van der Waals surface area (Å²) in [5, 5.41) is 18.7. The maximum absolute atomic E-state index is 11.6. The Labute approximate surface area is 106 Å². The van der Waals surface area contributed by atoms with Crippen LogP contribution in [0.5, 0.6) is 0 Å². The standard InChI is InChI=1S/C10H12N5O4/c11-10-13-8-7(9(18)14-10)12-3-15(8)6-1-4(17)5(2-16)19-6/h4-6,16-17H,1-2H2,(H3,11,13,14,18)/t4-,5+,6+/m0/s1. The van der Waals surface area contributed by atoms with Crippen molar-refractivity contribution in [2.75, 3.05) is 12.3 Å². The highest BCUT2D eigenvalue weighted by Gasteiger charge is 2.35. The van der Waals surface area contributed by atoms with Gasteiger partial charge in [-0.2, -0.15) is 4.98 Å². The highest BCUT2D eigenvalue weighted by molar-refractivity contribution is 5.70. The molecule has 2 aromatic heterocycles. The molecule has 2 aromatic rings. The average Bonchev–Trinajstić information content (AvgIpc) is 2.92. The van der Waals surface area contributed by atoms with Gasteiger partial charge in [0, 0.05) is 6.42 Å².